The second kappa shape index (κ2) is 11.0. The summed E-state index contributed by atoms with van der Waals surface area (Å²) in [5, 5.41) is 6.07. The van der Waals surface area contributed by atoms with Crippen molar-refractivity contribution >= 4 is 35.6 Å². The van der Waals surface area contributed by atoms with Crippen molar-refractivity contribution in [3.63, 3.8) is 0 Å². The normalized spacial score (nSPS) is 11.4. The fraction of sp³-hybridized carbons (Fsp3) is 0.316. The van der Waals surface area contributed by atoms with Crippen molar-refractivity contribution in [2.45, 2.75) is 19.6 Å². The van der Waals surface area contributed by atoms with E-state index < -0.39 is 11.7 Å². The molecule has 2 aromatic carbocycles. The van der Waals surface area contributed by atoms with Gasteiger partial charge < -0.3 is 20.1 Å². The number of nitrogens with one attached hydrogen (secondary N) is 2. The Hall–Kier alpha value is -2.17. The minimum atomic E-state index is -4.37. The molecule has 0 heterocycles. The number of guanidine groups is 1. The van der Waals surface area contributed by atoms with E-state index in [1.54, 1.807) is 38.4 Å². The number of hydrogen-bond donors (Lipinski definition) is 2. The van der Waals surface area contributed by atoms with Crippen LogP contribution in [0.5, 0.6) is 11.5 Å². The second-order valence-corrected chi connectivity index (χ2v) is 5.55. The lowest BCUT2D eigenvalue weighted by Crippen LogP contribution is -2.30. The van der Waals surface area contributed by atoms with E-state index in [0.29, 0.717) is 35.3 Å². The van der Waals surface area contributed by atoms with E-state index in [2.05, 4.69) is 15.6 Å². The maximum Gasteiger partial charge on any atom is 0.416 e. The standard InChI is InChI=1S/C19H22F3N3O2.HI/c1-4-27-17-11-15(8-9-16(17)26-3)25-18(23-2)24-12-13-6-5-7-14(10-13)19(20,21)22;/h5-11H,4,12H2,1-3H3,(H2,23,24,25);1H. The molecule has 2 N–H and O–H groups in total. The maximum absolute atomic E-state index is 12.8. The SMILES string of the molecule is CCOc1cc(NC(=NC)NCc2cccc(C(F)(F)F)c2)ccc1OC.I. The van der Waals surface area contributed by atoms with Gasteiger partial charge in [0.2, 0.25) is 0 Å². The zero-order valence-electron chi connectivity index (χ0n) is 15.8. The quantitative estimate of drug-likeness (QED) is 0.330. The van der Waals surface area contributed by atoms with Crippen molar-refractivity contribution in [1.82, 2.24) is 5.32 Å². The molecule has 0 spiro atoms. The number of anilines is 1. The molecule has 0 aromatic heterocycles. The van der Waals surface area contributed by atoms with Gasteiger partial charge >= 0.3 is 6.18 Å². The zero-order valence-corrected chi connectivity index (χ0v) is 18.1. The summed E-state index contributed by atoms with van der Waals surface area (Å²) < 4.78 is 49.2. The van der Waals surface area contributed by atoms with Gasteiger partial charge in [0.15, 0.2) is 17.5 Å². The van der Waals surface area contributed by atoms with Gasteiger partial charge in [-0.1, -0.05) is 12.1 Å². The highest BCUT2D eigenvalue weighted by atomic mass is 127. The van der Waals surface area contributed by atoms with E-state index in [0.717, 1.165) is 12.1 Å². The van der Waals surface area contributed by atoms with E-state index in [9.17, 15) is 13.2 Å². The minimum absolute atomic E-state index is 0. The molecule has 0 atom stereocenters. The van der Waals surface area contributed by atoms with E-state index in [-0.39, 0.29) is 30.5 Å². The third kappa shape index (κ3) is 6.77. The summed E-state index contributed by atoms with van der Waals surface area (Å²) >= 11 is 0. The molecule has 0 saturated carbocycles. The summed E-state index contributed by atoms with van der Waals surface area (Å²) in [6, 6.07) is 10.5. The van der Waals surface area contributed by atoms with Gasteiger partial charge in [0.05, 0.1) is 19.3 Å². The van der Waals surface area contributed by atoms with Crippen LogP contribution in [-0.2, 0) is 12.7 Å². The lowest BCUT2D eigenvalue weighted by atomic mass is 10.1. The Morgan fingerprint density at radius 2 is 1.86 bits per heavy atom. The number of benzene rings is 2. The Morgan fingerprint density at radius 1 is 1.11 bits per heavy atom. The van der Waals surface area contributed by atoms with Crippen LogP contribution >= 0.6 is 24.0 Å². The molecule has 28 heavy (non-hydrogen) atoms. The first kappa shape index (κ1) is 23.9. The summed E-state index contributed by atoms with van der Waals surface area (Å²) in [5.41, 5.74) is 0.523. The van der Waals surface area contributed by atoms with Crippen molar-refractivity contribution in [3.8, 4) is 11.5 Å². The molecule has 2 rings (SSSR count). The Kier molecular flexibility index (Phi) is 9.36. The first-order valence-electron chi connectivity index (χ1n) is 8.32. The molecule has 0 bridgehead atoms. The summed E-state index contributed by atoms with van der Waals surface area (Å²) in [7, 11) is 3.13. The highest BCUT2D eigenvalue weighted by Crippen LogP contribution is 2.30. The number of ether oxygens (including phenoxy) is 2. The molecule has 0 unspecified atom stereocenters. The van der Waals surface area contributed by atoms with Gasteiger partial charge in [-0.15, -0.1) is 24.0 Å². The van der Waals surface area contributed by atoms with Gasteiger partial charge in [0.25, 0.3) is 0 Å². The van der Waals surface area contributed by atoms with Gasteiger partial charge in [-0.25, -0.2) is 0 Å². The average Bonchev–Trinajstić information content (AvgIpc) is 2.65. The molecule has 2 aromatic rings. The fourth-order valence-corrected chi connectivity index (χ4v) is 2.38. The minimum Gasteiger partial charge on any atom is -0.493 e. The molecule has 0 amide bonds. The van der Waals surface area contributed by atoms with Gasteiger partial charge in [-0.3, -0.25) is 4.99 Å². The van der Waals surface area contributed by atoms with Crippen molar-refractivity contribution in [2.75, 3.05) is 26.1 Å². The van der Waals surface area contributed by atoms with Crippen LogP contribution in [0.1, 0.15) is 18.1 Å². The van der Waals surface area contributed by atoms with Gasteiger partial charge in [0, 0.05) is 25.3 Å². The topological polar surface area (TPSA) is 54.9 Å². The molecular weight excluding hydrogens is 486 g/mol. The number of hydrogen-bond acceptors (Lipinski definition) is 3. The van der Waals surface area contributed by atoms with Crippen LogP contribution in [-0.4, -0.2) is 26.7 Å². The summed E-state index contributed by atoms with van der Waals surface area (Å²) in [6.45, 7) is 2.55. The Labute approximate surface area is 179 Å². The van der Waals surface area contributed by atoms with Crippen LogP contribution in [0, 0.1) is 0 Å². The summed E-state index contributed by atoms with van der Waals surface area (Å²) in [4.78, 5) is 4.09. The smallest absolute Gasteiger partial charge is 0.416 e. The molecular formula is C19H23F3IN3O2. The van der Waals surface area contributed by atoms with Gasteiger partial charge in [-0.2, -0.15) is 13.2 Å². The van der Waals surface area contributed by atoms with Crippen LogP contribution in [0.4, 0.5) is 18.9 Å². The van der Waals surface area contributed by atoms with E-state index in [4.69, 9.17) is 9.47 Å². The van der Waals surface area contributed by atoms with E-state index in [1.807, 2.05) is 6.92 Å². The van der Waals surface area contributed by atoms with Crippen LogP contribution < -0.4 is 20.1 Å². The predicted octanol–water partition coefficient (Wildman–Crippen LogP) is 4.92. The monoisotopic (exact) mass is 509 g/mol. The average molecular weight is 509 g/mol. The van der Waals surface area contributed by atoms with Crippen molar-refractivity contribution in [2.24, 2.45) is 4.99 Å². The third-order valence-corrected chi connectivity index (χ3v) is 3.66. The number of alkyl halides is 3. The van der Waals surface area contributed by atoms with Crippen LogP contribution in [0.15, 0.2) is 47.5 Å². The highest BCUT2D eigenvalue weighted by molar-refractivity contribution is 14.0. The third-order valence-electron chi connectivity index (χ3n) is 3.66. The summed E-state index contributed by atoms with van der Waals surface area (Å²) in [6.07, 6.45) is -4.37. The number of rotatable bonds is 6. The number of methoxy groups -OCH3 is 1. The van der Waals surface area contributed by atoms with Gasteiger partial charge in [0.1, 0.15) is 0 Å². The molecule has 0 saturated heterocycles. The molecule has 0 aliphatic carbocycles. The van der Waals surface area contributed by atoms with E-state index in [1.165, 1.54) is 6.07 Å². The lowest BCUT2D eigenvalue weighted by molar-refractivity contribution is -0.137. The molecule has 0 aliphatic heterocycles. The number of aliphatic imine (C=N–C) groups is 1. The molecule has 0 radical (unpaired) electrons. The number of halogens is 4. The van der Waals surface area contributed by atoms with Crippen LogP contribution in [0.3, 0.4) is 0 Å². The van der Waals surface area contributed by atoms with Crippen molar-refractivity contribution in [3.05, 3.63) is 53.6 Å². The van der Waals surface area contributed by atoms with Gasteiger partial charge in [-0.05, 0) is 36.8 Å². The molecule has 0 aliphatic rings. The fourth-order valence-electron chi connectivity index (χ4n) is 2.38. The largest absolute Gasteiger partial charge is 0.493 e. The maximum atomic E-state index is 12.8. The Morgan fingerprint density at radius 3 is 2.46 bits per heavy atom. The second-order valence-electron chi connectivity index (χ2n) is 5.55. The lowest BCUT2D eigenvalue weighted by Gasteiger charge is -2.15. The van der Waals surface area contributed by atoms with E-state index >= 15 is 0 Å². The highest BCUT2D eigenvalue weighted by Gasteiger charge is 2.30. The molecule has 5 nitrogen and oxygen atoms in total. The first-order valence-corrected chi connectivity index (χ1v) is 8.32. The predicted molar refractivity (Wildman–Crippen MR) is 115 cm³/mol. The number of nitrogens with zero attached hydrogens (tertiary/aromatic N) is 1. The first-order chi connectivity index (χ1) is 12.9. The molecule has 0 fully saturated rings. The summed E-state index contributed by atoms with van der Waals surface area (Å²) in [5.74, 6) is 1.60. The molecule has 154 valence electrons. The van der Waals surface area contributed by atoms with Crippen molar-refractivity contribution < 1.29 is 22.6 Å². The molecule has 9 heteroatoms. The zero-order chi connectivity index (χ0) is 19.9. The van der Waals surface area contributed by atoms with Crippen LogP contribution in [0.2, 0.25) is 0 Å². The Bertz CT molecular complexity index is 798. The Balaban J connectivity index is 0.00000392. The van der Waals surface area contributed by atoms with Crippen molar-refractivity contribution in [1.29, 1.82) is 0 Å². The van der Waals surface area contributed by atoms with Crippen LogP contribution in [0.25, 0.3) is 0 Å².